The molecule has 2 heterocycles. The van der Waals surface area contributed by atoms with E-state index in [4.69, 9.17) is 10.5 Å². The summed E-state index contributed by atoms with van der Waals surface area (Å²) < 4.78 is 5.72. The number of nitrogens with zero attached hydrogens (tertiary/aromatic N) is 4. The van der Waals surface area contributed by atoms with E-state index in [-0.39, 0.29) is 12.1 Å². The third kappa shape index (κ3) is 5.31. The monoisotopic (exact) mass is 375 g/mol. The van der Waals surface area contributed by atoms with E-state index in [1.807, 2.05) is 37.8 Å². The number of aromatic nitrogens is 2. The molecule has 1 aliphatic carbocycles. The lowest BCUT2D eigenvalue weighted by atomic mass is 9.84. The Balaban J connectivity index is 1.71. The van der Waals surface area contributed by atoms with Crippen LogP contribution in [0.15, 0.2) is 12.1 Å². The van der Waals surface area contributed by atoms with E-state index in [0.29, 0.717) is 12.5 Å². The maximum Gasteiger partial charge on any atom is 0.410 e. The fourth-order valence-corrected chi connectivity index (χ4v) is 3.69. The second-order valence-electron chi connectivity index (χ2n) is 8.76. The number of hydrogen-bond acceptors (Lipinski definition) is 6. The summed E-state index contributed by atoms with van der Waals surface area (Å²) in [5, 5.41) is 8.50. The van der Waals surface area contributed by atoms with Crippen LogP contribution in [-0.2, 0) is 11.3 Å². The molecule has 0 spiro atoms. The van der Waals surface area contributed by atoms with Crippen LogP contribution in [0.3, 0.4) is 0 Å². The Bertz CT molecular complexity index is 624. The van der Waals surface area contributed by atoms with E-state index >= 15 is 0 Å². The van der Waals surface area contributed by atoms with Gasteiger partial charge in [-0.1, -0.05) is 6.42 Å². The SMILES string of the molecule is CC(C)(C)OC(=O)N(CC1CCC1)[C@@H]1CCCN(c2ccc(CN)nn2)C1. The quantitative estimate of drug-likeness (QED) is 0.852. The molecule has 2 fully saturated rings. The van der Waals surface area contributed by atoms with Crippen LogP contribution in [0.25, 0.3) is 0 Å². The molecule has 1 aromatic heterocycles. The second kappa shape index (κ2) is 8.42. The van der Waals surface area contributed by atoms with Crippen LogP contribution in [0.5, 0.6) is 0 Å². The molecule has 2 N–H and O–H groups in total. The Kier molecular flexibility index (Phi) is 6.19. The smallest absolute Gasteiger partial charge is 0.410 e. The minimum atomic E-state index is -0.479. The highest BCUT2D eigenvalue weighted by atomic mass is 16.6. The first-order valence-electron chi connectivity index (χ1n) is 10.1. The topological polar surface area (TPSA) is 84.6 Å². The van der Waals surface area contributed by atoms with E-state index in [9.17, 15) is 4.79 Å². The van der Waals surface area contributed by atoms with Gasteiger partial charge < -0.3 is 20.3 Å². The van der Waals surface area contributed by atoms with Crippen LogP contribution in [0, 0.1) is 5.92 Å². The van der Waals surface area contributed by atoms with Gasteiger partial charge in [-0.3, -0.25) is 0 Å². The molecule has 0 unspecified atom stereocenters. The van der Waals surface area contributed by atoms with Crippen LogP contribution in [0.1, 0.15) is 58.6 Å². The Morgan fingerprint density at radius 3 is 2.59 bits per heavy atom. The van der Waals surface area contributed by atoms with E-state index in [1.54, 1.807) is 0 Å². The molecular formula is C20H33N5O2. The zero-order valence-electron chi connectivity index (χ0n) is 16.9. The van der Waals surface area contributed by atoms with Crippen molar-refractivity contribution < 1.29 is 9.53 Å². The number of rotatable bonds is 5. The molecule has 2 aliphatic rings. The third-order valence-electron chi connectivity index (χ3n) is 5.38. The molecule has 0 bridgehead atoms. The minimum Gasteiger partial charge on any atom is -0.444 e. The summed E-state index contributed by atoms with van der Waals surface area (Å²) >= 11 is 0. The normalized spacial score (nSPS) is 20.9. The van der Waals surface area contributed by atoms with Gasteiger partial charge in [0.05, 0.1) is 11.7 Å². The van der Waals surface area contributed by atoms with Crippen molar-refractivity contribution in [3.63, 3.8) is 0 Å². The van der Waals surface area contributed by atoms with Crippen molar-refractivity contribution >= 4 is 11.9 Å². The predicted molar refractivity (Wildman–Crippen MR) is 105 cm³/mol. The van der Waals surface area contributed by atoms with Crippen molar-refractivity contribution in [1.82, 2.24) is 15.1 Å². The molecule has 7 nitrogen and oxygen atoms in total. The fourth-order valence-electron chi connectivity index (χ4n) is 3.69. The third-order valence-corrected chi connectivity index (χ3v) is 5.38. The van der Waals surface area contributed by atoms with Gasteiger partial charge in [-0.2, -0.15) is 5.10 Å². The summed E-state index contributed by atoms with van der Waals surface area (Å²) in [6, 6.07) is 4.04. The average Bonchev–Trinajstić information content (AvgIpc) is 2.59. The van der Waals surface area contributed by atoms with Gasteiger partial charge >= 0.3 is 6.09 Å². The van der Waals surface area contributed by atoms with Crippen LogP contribution in [0.2, 0.25) is 0 Å². The van der Waals surface area contributed by atoms with Gasteiger partial charge in [0, 0.05) is 26.2 Å². The fraction of sp³-hybridized carbons (Fsp3) is 0.750. The number of nitrogens with two attached hydrogens (primary N) is 1. The molecule has 1 saturated carbocycles. The first-order chi connectivity index (χ1) is 12.9. The van der Waals surface area contributed by atoms with Crippen LogP contribution in [-0.4, -0.2) is 52.5 Å². The molecule has 0 aromatic carbocycles. The standard InChI is InChI=1S/C20H33N5O2/c1-20(2,3)27-19(26)25(13-15-6-4-7-15)17-8-5-11-24(14-17)18-10-9-16(12-21)22-23-18/h9-10,15,17H,4-8,11-14,21H2,1-3H3/t17-/m1/s1. The highest BCUT2D eigenvalue weighted by molar-refractivity contribution is 5.68. The van der Waals surface area contributed by atoms with Gasteiger partial charge in [-0.15, -0.1) is 5.10 Å². The number of ether oxygens (including phenoxy) is 1. The molecule has 150 valence electrons. The van der Waals surface area contributed by atoms with E-state index in [1.165, 1.54) is 19.3 Å². The van der Waals surface area contributed by atoms with Gasteiger partial charge in [-0.05, 0) is 64.5 Å². The number of piperidine rings is 1. The first kappa shape index (κ1) is 19.9. The second-order valence-corrected chi connectivity index (χ2v) is 8.76. The van der Waals surface area contributed by atoms with E-state index < -0.39 is 5.60 Å². The highest BCUT2D eigenvalue weighted by Crippen LogP contribution is 2.30. The molecule has 7 heteroatoms. The molecule has 1 aliphatic heterocycles. The van der Waals surface area contributed by atoms with Gasteiger partial charge in [-0.25, -0.2) is 4.79 Å². The predicted octanol–water partition coefficient (Wildman–Crippen LogP) is 2.94. The van der Waals surface area contributed by atoms with Crippen molar-refractivity contribution in [2.24, 2.45) is 11.7 Å². The molecule has 1 aromatic rings. The molecule has 1 saturated heterocycles. The van der Waals surface area contributed by atoms with Crippen LogP contribution in [0.4, 0.5) is 10.6 Å². The van der Waals surface area contributed by atoms with Gasteiger partial charge in [0.2, 0.25) is 0 Å². The number of hydrogen-bond donors (Lipinski definition) is 1. The first-order valence-corrected chi connectivity index (χ1v) is 10.1. The van der Waals surface area contributed by atoms with Gasteiger partial charge in [0.15, 0.2) is 5.82 Å². The maximum atomic E-state index is 12.9. The summed E-state index contributed by atoms with van der Waals surface area (Å²) in [6.07, 6.45) is 5.52. The number of carbonyl (C=O) groups excluding carboxylic acids is 1. The Hall–Kier alpha value is -1.89. The summed E-state index contributed by atoms with van der Waals surface area (Å²) in [4.78, 5) is 17.1. The average molecular weight is 376 g/mol. The van der Waals surface area contributed by atoms with Crippen molar-refractivity contribution in [1.29, 1.82) is 0 Å². The van der Waals surface area contributed by atoms with Gasteiger partial charge in [0.25, 0.3) is 0 Å². The largest absolute Gasteiger partial charge is 0.444 e. The minimum absolute atomic E-state index is 0.144. The summed E-state index contributed by atoms with van der Waals surface area (Å²) in [5.41, 5.74) is 5.92. The lowest BCUT2D eigenvalue weighted by molar-refractivity contribution is 0.00733. The Morgan fingerprint density at radius 1 is 1.26 bits per heavy atom. The summed E-state index contributed by atoms with van der Waals surface area (Å²) in [6.45, 7) is 8.66. The number of amides is 1. The number of anilines is 1. The molecule has 27 heavy (non-hydrogen) atoms. The highest BCUT2D eigenvalue weighted by Gasteiger charge is 2.34. The zero-order valence-corrected chi connectivity index (χ0v) is 16.9. The summed E-state index contributed by atoms with van der Waals surface area (Å²) in [7, 11) is 0. The molecule has 1 atom stereocenters. The van der Waals surface area contributed by atoms with Crippen molar-refractivity contribution in [3.05, 3.63) is 17.8 Å². The van der Waals surface area contributed by atoms with Crippen molar-refractivity contribution in [2.45, 2.75) is 71.1 Å². The molecule has 0 radical (unpaired) electrons. The molecule has 1 amide bonds. The lowest BCUT2D eigenvalue weighted by Gasteiger charge is -2.42. The molecular weight excluding hydrogens is 342 g/mol. The Labute approximate surface area is 162 Å². The van der Waals surface area contributed by atoms with Crippen molar-refractivity contribution in [2.75, 3.05) is 24.5 Å². The summed E-state index contributed by atoms with van der Waals surface area (Å²) in [5.74, 6) is 1.46. The molecule has 3 rings (SSSR count). The van der Waals surface area contributed by atoms with Crippen LogP contribution < -0.4 is 10.6 Å². The van der Waals surface area contributed by atoms with Crippen LogP contribution >= 0.6 is 0 Å². The van der Waals surface area contributed by atoms with Gasteiger partial charge in [0.1, 0.15) is 5.60 Å². The zero-order chi connectivity index (χ0) is 19.4. The number of carbonyl (C=O) groups is 1. The van der Waals surface area contributed by atoms with E-state index in [0.717, 1.165) is 44.0 Å². The Morgan fingerprint density at radius 2 is 2.04 bits per heavy atom. The van der Waals surface area contributed by atoms with E-state index in [2.05, 4.69) is 15.1 Å². The lowest BCUT2D eigenvalue weighted by Crippen LogP contribution is -2.53. The van der Waals surface area contributed by atoms with Crippen molar-refractivity contribution in [3.8, 4) is 0 Å². The maximum absolute atomic E-state index is 12.9.